The van der Waals surface area contributed by atoms with Crippen molar-refractivity contribution in [2.45, 2.75) is 0 Å². The highest BCUT2D eigenvalue weighted by molar-refractivity contribution is 5.87. The van der Waals surface area contributed by atoms with Gasteiger partial charge in [-0.2, -0.15) is 5.10 Å². The number of anilines is 1. The third-order valence-corrected chi connectivity index (χ3v) is 2.54. The van der Waals surface area contributed by atoms with Gasteiger partial charge in [0.1, 0.15) is 11.5 Å². The smallest absolute Gasteiger partial charge is 0.147 e. The van der Waals surface area contributed by atoms with Crippen LogP contribution in [-0.2, 0) is 0 Å². The van der Waals surface area contributed by atoms with E-state index in [2.05, 4.69) is 15.2 Å². The molecule has 0 aliphatic heterocycles. The van der Waals surface area contributed by atoms with Gasteiger partial charge in [0.05, 0.1) is 23.1 Å². The lowest BCUT2D eigenvalue weighted by atomic mass is 10.2. The highest BCUT2D eigenvalue weighted by Gasteiger charge is 2.09. The summed E-state index contributed by atoms with van der Waals surface area (Å²) in [6.45, 7) is 0. The Labute approximate surface area is 90.3 Å². The summed E-state index contributed by atoms with van der Waals surface area (Å²) in [5.41, 5.74) is 8.15. The van der Waals surface area contributed by atoms with E-state index in [0.29, 0.717) is 16.9 Å². The van der Waals surface area contributed by atoms with Crippen molar-refractivity contribution < 1.29 is 4.39 Å². The van der Waals surface area contributed by atoms with Crippen LogP contribution in [0.2, 0.25) is 0 Å². The van der Waals surface area contributed by atoms with Crippen LogP contribution in [0.1, 0.15) is 0 Å². The van der Waals surface area contributed by atoms with Crippen LogP contribution in [-0.4, -0.2) is 15.2 Å². The number of hydrogen-bond acceptors (Lipinski definition) is 2. The maximum atomic E-state index is 13.5. The van der Waals surface area contributed by atoms with Crippen molar-refractivity contribution in [1.29, 1.82) is 0 Å². The first kappa shape index (κ1) is 8.96. The molecule has 0 saturated carbocycles. The summed E-state index contributed by atoms with van der Waals surface area (Å²) >= 11 is 0. The predicted molar refractivity (Wildman–Crippen MR) is 60.3 cm³/mol. The lowest BCUT2D eigenvalue weighted by Crippen LogP contribution is -1.86. The Morgan fingerprint density at radius 3 is 2.88 bits per heavy atom. The van der Waals surface area contributed by atoms with Crippen LogP contribution in [0, 0.1) is 5.82 Å². The van der Waals surface area contributed by atoms with Crippen molar-refractivity contribution in [2.75, 3.05) is 5.73 Å². The third-order valence-electron chi connectivity index (χ3n) is 2.54. The molecule has 0 fully saturated rings. The van der Waals surface area contributed by atoms with Crippen molar-refractivity contribution in [3.63, 3.8) is 0 Å². The van der Waals surface area contributed by atoms with Gasteiger partial charge in [-0.25, -0.2) is 4.39 Å². The first-order chi connectivity index (χ1) is 7.75. The van der Waals surface area contributed by atoms with Gasteiger partial charge in [-0.05, 0) is 12.1 Å². The fourth-order valence-corrected chi connectivity index (χ4v) is 1.77. The summed E-state index contributed by atoms with van der Waals surface area (Å²) in [4.78, 5) is 2.98. The van der Waals surface area contributed by atoms with Gasteiger partial charge in [0.2, 0.25) is 0 Å². The molecule has 3 rings (SSSR count). The Bertz CT molecular complexity index is 653. The van der Waals surface area contributed by atoms with Crippen LogP contribution in [0.15, 0.2) is 30.5 Å². The largest absolute Gasteiger partial charge is 0.396 e. The highest BCUT2D eigenvalue weighted by Crippen LogP contribution is 2.27. The number of nitrogen functional groups attached to an aromatic ring is 1. The monoisotopic (exact) mass is 216 g/mol. The van der Waals surface area contributed by atoms with Crippen molar-refractivity contribution in [1.82, 2.24) is 15.2 Å². The number of nitrogens with zero attached hydrogens (tertiary/aromatic N) is 1. The number of benzene rings is 1. The second kappa shape index (κ2) is 3.10. The second-order valence-corrected chi connectivity index (χ2v) is 3.59. The number of aromatic nitrogens is 3. The number of halogens is 1. The molecule has 0 atom stereocenters. The molecule has 4 nitrogen and oxygen atoms in total. The molecule has 4 N–H and O–H groups in total. The van der Waals surface area contributed by atoms with Crippen LogP contribution < -0.4 is 5.73 Å². The Hall–Kier alpha value is -2.30. The van der Waals surface area contributed by atoms with E-state index in [0.717, 1.165) is 11.1 Å². The van der Waals surface area contributed by atoms with Crippen molar-refractivity contribution in [3.05, 3.63) is 36.3 Å². The molecule has 3 aromatic rings. The summed E-state index contributed by atoms with van der Waals surface area (Å²) in [6.07, 6.45) is 1.52. The first-order valence-electron chi connectivity index (χ1n) is 4.82. The zero-order valence-electron chi connectivity index (χ0n) is 8.29. The van der Waals surface area contributed by atoms with Crippen molar-refractivity contribution in [3.8, 4) is 11.4 Å². The molecule has 5 heteroatoms. The lowest BCUT2D eigenvalue weighted by Gasteiger charge is -1.93. The molecular weight excluding hydrogens is 207 g/mol. The molecule has 0 aliphatic rings. The number of nitrogens with one attached hydrogen (secondary N) is 2. The molecule has 0 radical (unpaired) electrons. The first-order valence-corrected chi connectivity index (χ1v) is 4.82. The number of aromatic amines is 2. The summed E-state index contributed by atoms with van der Waals surface area (Å²) in [6, 6.07) is 6.76. The van der Waals surface area contributed by atoms with Crippen LogP contribution in [0.3, 0.4) is 0 Å². The summed E-state index contributed by atoms with van der Waals surface area (Å²) in [5.74, 6) is -0.276. The van der Waals surface area contributed by atoms with Gasteiger partial charge in [-0.15, -0.1) is 0 Å². The fourth-order valence-electron chi connectivity index (χ4n) is 1.77. The zero-order chi connectivity index (χ0) is 11.1. The van der Waals surface area contributed by atoms with Crippen molar-refractivity contribution in [2.24, 2.45) is 0 Å². The SMILES string of the molecule is Nc1cn[nH]c1-c1cc2cccc(F)c2[nH]1. The van der Waals surface area contributed by atoms with Gasteiger partial charge in [-0.3, -0.25) is 5.10 Å². The van der Waals surface area contributed by atoms with E-state index in [1.54, 1.807) is 6.07 Å². The Morgan fingerprint density at radius 1 is 1.31 bits per heavy atom. The van der Waals surface area contributed by atoms with Crippen LogP contribution >= 0.6 is 0 Å². The molecule has 0 saturated heterocycles. The molecule has 0 aliphatic carbocycles. The Kier molecular flexibility index (Phi) is 1.73. The minimum atomic E-state index is -0.276. The minimum Gasteiger partial charge on any atom is -0.396 e. The van der Waals surface area contributed by atoms with E-state index in [-0.39, 0.29) is 5.82 Å². The van der Waals surface area contributed by atoms with Gasteiger partial charge in [-0.1, -0.05) is 12.1 Å². The third kappa shape index (κ3) is 1.18. The maximum Gasteiger partial charge on any atom is 0.147 e. The summed E-state index contributed by atoms with van der Waals surface area (Å²) in [5, 5.41) is 7.41. The second-order valence-electron chi connectivity index (χ2n) is 3.59. The average molecular weight is 216 g/mol. The van der Waals surface area contributed by atoms with Crippen LogP contribution in [0.4, 0.5) is 10.1 Å². The molecule has 0 amide bonds. The summed E-state index contributed by atoms with van der Waals surface area (Å²) < 4.78 is 13.5. The number of hydrogen-bond donors (Lipinski definition) is 3. The molecule has 80 valence electrons. The zero-order valence-corrected chi connectivity index (χ0v) is 8.29. The number of H-pyrrole nitrogens is 2. The molecular formula is C11H9FN4. The number of rotatable bonds is 1. The van der Waals surface area contributed by atoms with E-state index in [9.17, 15) is 4.39 Å². The van der Waals surface area contributed by atoms with E-state index in [4.69, 9.17) is 5.73 Å². The number of nitrogens with two attached hydrogens (primary N) is 1. The quantitative estimate of drug-likeness (QED) is 0.584. The minimum absolute atomic E-state index is 0.276. The van der Waals surface area contributed by atoms with Gasteiger partial charge in [0.25, 0.3) is 0 Å². The van der Waals surface area contributed by atoms with Crippen LogP contribution in [0.25, 0.3) is 22.3 Å². The lowest BCUT2D eigenvalue weighted by molar-refractivity contribution is 0.637. The Balaban J connectivity index is 2.27. The van der Waals surface area contributed by atoms with Gasteiger partial charge >= 0.3 is 0 Å². The van der Waals surface area contributed by atoms with E-state index in [1.807, 2.05) is 12.1 Å². The van der Waals surface area contributed by atoms with E-state index in [1.165, 1.54) is 12.3 Å². The molecule has 16 heavy (non-hydrogen) atoms. The molecule has 0 unspecified atom stereocenters. The van der Waals surface area contributed by atoms with Gasteiger partial charge < -0.3 is 10.7 Å². The van der Waals surface area contributed by atoms with Gasteiger partial charge in [0.15, 0.2) is 0 Å². The van der Waals surface area contributed by atoms with Gasteiger partial charge in [0, 0.05) is 5.39 Å². The topological polar surface area (TPSA) is 70.5 Å². The molecule has 1 aromatic carbocycles. The number of para-hydroxylation sites is 1. The summed E-state index contributed by atoms with van der Waals surface area (Å²) in [7, 11) is 0. The molecule has 2 heterocycles. The van der Waals surface area contributed by atoms with Crippen LogP contribution in [0.5, 0.6) is 0 Å². The van der Waals surface area contributed by atoms with E-state index < -0.39 is 0 Å². The normalized spacial score (nSPS) is 11.1. The average Bonchev–Trinajstić information content (AvgIpc) is 2.84. The number of fused-ring (bicyclic) bond motifs is 1. The molecule has 0 bridgehead atoms. The van der Waals surface area contributed by atoms with E-state index >= 15 is 0 Å². The molecule has 2 aromatic heterocycles. The fraction of sp³-hybridized carbons (Fsp3) is 0. The Morgan fingerprint density at radius 2 is 2.19 bits per heavy atom. The van der Waals surface area contributed by atoms with Crippen molar-refractivity contribution >= 4 is 16.6 Å². The highest BCUT2D eigenvalue weighted by atomic mass is 19.1. The predicted octanol–water partition coefficient (Wildman–Crippen LogP) is 2.28. The maximum absolute atomic E-state index is 13.5. The standard InChI is InChI=1S/C11H9FN4/c12-7-3-1-2-6-4-9(15-10(6)7)11-8(13)5-14-16-11/h1-5,15H,13H2,(H,14,16). The molecule has 0 spiro atoms.